The molecule has 0 bridgehead atoms. The van der Waals surface area contributed by atoms with Gasteiger partial charge in [0.05, 0.1) is 4.90 Å². The fourth-order valence-corrected chi connectivity index (χ4v) is 2.66. The summed E-state index contributed by atoms with van der Waals surface area (Å²) < 4.78 is 55.8. The summed E-state index contributed by atoms with van der Waals surface area (Å²) in [5, 5.41) is 0. The number of benzene rings is 1. The van der Waals surface area contributed by atoms with E-state index in [1.807, 2.05) is 0 Å². The summed E-state index contributed by atoms with van der Waals surface area (Å²) in [6, 6.07) is 2.22. The molecule has 0 atom stereocenters. The summed E-state index contributed by atoms with van der Waals surface area (Å²) in [5.74, 6) is -1.84. The first-order valence-corrected chi connectivity index (χ1v) is 6.73. The molecule has 0 amide bonds. The number of rotatable bonds is 6. The molecule has 1 aromatic carbocycles. The second-order valence-electron chi connectivity index (χ2n) is 3.78. The minimum atomic E-state index is -3.87. The molecule has 1 aromatic rings. The maximum absolute atomic E-state index is 13.0. The van der Waals surface area contributed by atoms with E-state index in [4.69, 9.17) is 4.74 Å². The smallest absolute Gasteiger partial charge is 0.243 e. The molecule has 0 aromatic heterocycles. The fourth-order valence-electron chi connectivity index (χ4n) is 1.41. The molecular formula is C11H15F2NO3S. The lowest BCUT2D eigenvalue weighted by Crippen LogP contribution is -2.28. The van der Waals surface area contributed by atoms with Crippen molar-refractivity contribution in [1.29, 1.82) is 0 Å². The molecule has 0 aliphatic carbocycles. The normalized spacial score (nSPS) is 12.1. The van der Waals surface area contributed by atoms with Crippen LogP contribution in [0.4, 0.5) is 8.78 Å². The van der Waals surface area contributed by atoms with E-state index in [2.05, 4.69) is 0 Å². The van der Waals surface area contributed by atoms with Crippen LogP contribution >= 0.6 is 0 Å². The summed E-state index contributed by atoms with van der Waals surface area (Å²) in [7, 11) is -1.00. The summed E-state index contributed by atoms with van der Waals surface area (Å²) in [4.78, 5) is -0.389. The molecular weight excluding hydrogens is 264 g/mol. The molecule has 0 saturated carbocycles. The van der Waals surface area contributed by atoms with Crippen molar-refractivity contribution >= 4 is 10.0 Å². The number of sulfonamides is 1. The van der Waals surface area contributed by atoms with Gasteiger partial charge >= 0.3 is 0 Å². The largest absolute Gasteiger partial charge is 0.385 e. The number of ether oxygens (including phenoxy) is 1. The standard InChI is InChI=1S/C11H15F2NO3S/c1-14(4-3-5-17-2)18(15,16)11-7-9(12)6-10(13)8-11/h6-8H,3-5H2,1-2H3. The Labute approximate surface area is 105 Å². The second kappa shape index (κ2) is 6.21. The van der Waals surface area contributed by atoms with E-state index in [0.717, 1.165) is 16.4 Å². The first-order valence-electron chi connectivity index (χ1n) is 5.29. The number of hydrogen-bond donors (Lipinski definition) is 0. The van der Waals surface area contributed by atoms with Gasteiger partial charge in [-0.05, 0) is 18.6 Å². The Kier molecular flexibility index (Phi) is 5.18. The van der Waals surface area contributed by atoms with Gasteiger partial charge in [0.1, 0.15) is 11.6 Å². The van der Waals surface area contributed by atoms with Crippen molar-refractivity contribution in [1.82, 2.24) is 4.31 Å². The zero-order chi connectivity index (χ0) is 13.8. The molecule has 0 radical (unpaired) electrons. The zero-order valence-electron chi connectivity index (χ0n) is 10.2. The molecule has 0 aliphatic heterocycles. The SMILES string of the molecule is COCCCN(C)S(=O)(=O)c1cc(F)cc(F)c1. The number of methoxy groups -OCH3 is 1. The van der Waals surface area contributed by atoms with Gasteiger partial charge in [-0.15, -0.1) is 0 Å². The van der Waals surface area contributed by atoms with E-state index < -0.39 is 21.7 Å². The summed E-state index contributed by atoms with van der Waals surface area (Å²) in [6.45, 7) is 0.631. The minimum Gasteiger partial charge on any atom is -0.385 e. The van der Waals surface area contributed by atoms with Crippen LogP contribution in [0.1, 0.15) is 6.42 Å². The third-order valence-electron chi connectivity index (χ3n) is 2.37. The Bertz CT molecular complexity index is 485. The fraction of sp³-hybridized carbons (Fsp3) is 0.455. The molecule has 0 N–H and O–H groups in total. The van der Waals surface area contributed by atoms with Crippen molar-refractivity contribution in [2.75, 3.05) is 27.3 Å². The van der Waals surface area contributed by atoms with Crippen LogP contribution in [-0.4, -0.2) is 40.0 Å². The van der Waals surface area contributed by atoms with Gasteiger partial charge in [-0.25, -0.2) is 21.5 Å². The van der Waals surface area contributed by atoms with Gasteiger partial charge in [-0.3, -0.25) is 0 Å². The predicted molar refractivity (Wildman–Crippen MR) is 62.7 cm³/mol. The summed E-state index contributed by atoms with van der Waals surface area (Å²) in [6.07, 6.45) is 0.504. The molecule has 4 nitrogen and oxygen atoms in total. The van der Waals surface area contributed by atoms with E-state index >= 15 is 0 Å². The lowest BCUT2D eigenvalue weighted by atomic mass is 10.3. The Morgan fingerprint density at radius 3 is 2.28 bits per heavy atom. The maximum Gasteiger partial charge on any atom is 0.243 e. The van der Waals surface area contributed by atoms with Crippen molar-refractivity contribution in [3.63, 3.8) is 0 Å². The highest BCUT2D eigenvalue weighted by Crippen LogP contribution is 2.17. The van der Waals surface area contributed by atoms with Crippen molar-refractivity contribution in [2.45, 2.75) is 11.3 Å². The summed E-state index contributed by atoms with van der Waals surface area (Å²) >= 11 is 0. The van der Waals surface area contributed by atoms with Gasteiger partial charge in [-0.2, -0.15) is 0 Å². The molecule has 0 aliphatic rings. The molecule has 0 fully saturated rings. The first-order chi connectivity index (χ1) is 8.37. The molecule has 102 valence electrons. The number of halogens is 2. The second-order valence-corrected chi connectivity index (χ2v) is 5.82. The average molecular weight is 279 g/mol. The van der Waals surface area contributed by atoms with Crippen molar-refractivity contribution < 1.29 is 21.9 Å². The lowest BCUT2D eigenvalue weighted by Gasteiger charge is -2.17. The van der Waals surface area contributed by atoms with Gasteiger partial charge in [0, 0.05) is 33.4 Å². The van der Waals surface area contributed by atoms with Gasteiger partial charge in [0.15, 0.2) is 0 Å². The van der Waals surface area contributed by atoms with E-state index in [1.54, 1.807) is 0 Å². The average Bonchev–Trinajstić information content (AvgIpc) is 2.27. The molecule has 0 heterocycles. The van der Waals surface area contributed by atoms with Gasteiger partial charge in [0.2, 0.25) is 10.0 Å². The van der Waals surface area contributed by atoms with E-state index in [0.29, 0.717) is 19.1 Å². The topological polar surface area (TPSA) is 46.6 Å². The van der Waals surface area contributed by atoms with Crippen LogP contribution in [0.15, 0.2) is 23.1 Å². The number of hydrogen-bond acceptors (Lipinski definition) is 3. The molecule has 0 spiro atoms. The molecule has 7 heteroatoms. The van der Waals surface area contributed by atoms with Crippen molar-refractivity contribution in [3.8, 4) is 0 Å². The Morgan fingerprint density at radius 2 is 1.78 bits per heavy atom. The van der Waals surface area contributed by atoms with Crippen molar-refractivity contribution in [2.24, 2.45) is 0 Å². The maximum atomic E-state index is 13.0. The highest BCUT2D eigenvalue weighted by molar-refractivity contribution is 7.89. The Morgan fingerprint density at radius 1 is 1.22 bits per heavy atom. The quantitative estimate of drug-likeness (QED) is 0.743. The van der Waals surface area contributed by atoms with E-state index in [1.165, 1.54) is 14.2 Å². The highest BCUT2D eigenvalue weighted by atomic mass is 32.2. The van der Waals surface area contributed by atoms with Crippen LogP contribution in [0.5, 0.6) is 0 Å². The van der Waals surface area contributed by atoms with E-state index in [9.17, 15) is 17.2 Å². The molecule has 0 unspecified atom stereocenters. The van der Waals surface area contributed by atoms with E-state index in [-0.39, 0.29) is 11.4 Å². The molecule has 0 saturated heterocycles. The van der Waals surface area contributed by atoms with Crippen LogP contribution in [-0.2, 0) is 14.8 Å². The Hall–Kier alpha value is -1.05. The first kappa shape index (κ1) is 15.0. The lowest BCUT2D eigenvalue weighted by molar-refractivity contribution is 0.189. The monoisotopic (exact) mass is 279 g/mol. The zero-order valence-corrected chi connectivity index (χ0v) is 11.0. The van der Waals surface area contributed by atoms with Crippen molar-refractivity contribution in [3.05, 3.63) is 29.8 Å². The highest BCUT2D eigenvalue weighted by Gasteiger charge is 2.21. The van der Waals surface area contributed by atoms with Crippen LogP contribution in [0.2, 0.25) is 0 Å². The molecule has 1 rings (SSSR count). The van der Waals surface area contributed by atoms with Gasteiger partial charge in [-0.1, -0.05) is 0 Å². The summed E-state index contributed by atoms with van der Waals surface area (Å²) in [5.41, 5.74) is 0. The minimum absolute atomic E-state index is 0.217. The Balaban J connectivity index is 2.91. The van der Waals surface area contributed by atoms with Gasteiger partial charge < -0.3 is 4.74 Å². The van der Waals surface area contributed by atoms with Crippen LogP contribution < -0.4 is 0 Å². The van der Waals surface area contributed by atoms with Crippen LogP contribution in [0.3, 0.4) is 0 Å². The third kappa shape index (κ3) is 3.72. The predicted octanol–water partition coefficient (Wildman–Crippen LogP) is 1.62. The third-order valence-corrected chi connectivity index (χ3v) is 4.20. The van der Waals surface area contributed by atoms with Crippen LogP contribution in [0, 0.1) is 11.6 Å². The number of nitrogens with zero attached hydrogens (tertiary/aromatic N) is 1. The van der Waals surface area contributed by atoms with Crippen LogP contribution in [0.25, 0.3) is 0 Å². The molecule has 18 heavy (non-hydrogen) atoms. The van der Waals surface area contributed by atoms with Gasteiger partial charge in [0.25, 0.3) is 0 Å².